The molecule has 1 fully saturated rings. The average molecular weight is 234 g/mol. The van der Waals surface area contributed by atoms with Crippen LogP contribution in [-0.4, -0.2) is 33.8 Å². The Labute approximate surface area is 92.9 Å². The summed E-state index contributed by atoms with van der Waals surface area (Å²) in [5.41, 5.74) is 0.416. The second-order valence-corrected chi connectivity index (χ2v) is 7.13. The van der Waals surface area contributed by atoms with E-state index in [4.69, 9.17) is 0 Å². The maximum Gasteiger partial charge on any atom is 0.212 e. The van der Waals surface area contributed by atoms with E-state index >= 15 is 0 Å². The van der Waals surface area contributed by atoms with Crippen LogP contribution in [0.25, 0.3) is 0 Å². The normalized spacial score (nSPS) is 25.7. The van der Waals surface area contributed by atoms with Gasteiger partial charge in [-0.25, -0.2) is 13.1 Å². The zero-order valence-corrected chi connectivity index (χ0v) is 10.7. The topological polar surface area (TPSA) is 58.2 Å². The number of hydrogen-bond acceptors (Lipinski definition) is 3. The standard InChI is InChI=1S/C10H22N2O2S/c1-10(2)5-4-9(8-10)12-6-7-15(13,14)11-3/h9,11-12H,4-8H2,1-3H3. The van der Waals surface area contributed by atoms with Gasteiger partial charge < -0.3 is 5.32 Å². The third-order valence-electron chi connectivity index (χ3n) is 3.08. The Kier molecular flexibility index (Phi) is 4.14. The largest absolute Gasteiger partial charge is 0.313 e. The second-order valence-electron chi connectivity index (χ2n) is 5.08. The molecule has 1 rings (SSSR count). The summed E-state index contributed by atoms with van der Waals surface area (Å²) >= 11 is 0. The Morgan fingerprint density at radius 3 is 2.53 bits per heavy atom. The van der Waals surface area contributed by atoms with Gasteiger partial charge in [0, 0.05) is 12.6 Å². The average Bonchev–Trinajstić information content (AvgIpc) is 2.45. The Morgan fingerprint density at radius 2 is 2.07 bits per heavy atom. The highest BCUT2D eigenvalue weighted by atomic mass is 32.2. The fourth-order valence-electron chi connectivity index (χ4n) is 2.11. The highest BCUT2D eigenvalue weighted by molar-refractivity contribution is 7.89. The molecule has 0 bridgehead atoms. The summed E-state index contributed by atoms with van der Waals surface area (Å²) in [7, 11) is -1.60. The number of nitrogens with one attached hydrogen (secondary N) is 2. The summed E-state index contributed by atoms with van der Waals surface area (Å²) < 4.78 is 24.6. The van der Waals surface area contributed by atoms with Gasteiger partial charge in [0.15, 0.2) is 0 Å². The molecule has 0 aliphatic heterocycles. The lowest BCUT2D eigenvalue weighted by Crippen LogP contribution is -2.34. The predicted molar refractivity (Wildman–Crippen MR) is 62.3 cm³/mol. The summed E-state index contributed by atoms with van der Waals surface area (Å²) in [6.07, 6.45) is 3.53. The van der Waals surface area contributed by atoms with Crippen molar-refractivity contribution < 1.29 is 8.42 Å². The second kappa shape index (κ2) is 4.80. The first-order chi connectivity index (χ1) is 6.85. The van der Waals surface area contributed by atoms with E-state index in [1.807, 2.05) is 0 Å². The quantitative estimate of drug-likeness (QED) is 0.736. The molecule has 0 aromatic rings. The summed E-state index contributed by atoms with van der Waals surface area (Å²) in [5.74, 6) is 0.167. The first kappa shape index (κ1) is 12.9. The Hall–Kier alpha value is -0.130. The highest BCUT2D eigenvalue weighted by Gasteiger charge is 2.30. The third-order valence-corrected chi connectivity index (χ3v) is 4.45. The van der Waals surface area contributed by atoms with Gasteiger partial charge >= 0.3 is 0 Å². The lowest BCUT2D eigenvalue weighted by atomic mass is 9.92. The number of sulfonamides is 1. The minimum atomic E-state index is -3.05. The first-order valence-electron chi connectivity index (χ1n) is 5.49. The van der Waals surface area contributed by atoms with Crippen LogP contribution in [0.1, 0.15) is 33.1 Å². The zero-order valence-electron chi connectivity index (χ0n) is 9.84. The van der Waals surface area contributed by atoms with Crippen molar-refractivity contribution in [3.05, 3.63) is 0 Å². The van der Waals surface area contributed by atoms with E-state index in [-0.39, 0.29) is 5.75 Å². The molecule has 0 saturated heterocycles. The maximum atomic E-state index is 11.1. The van der Waals surface area contributed by atoms with Crippen molar-refractivity contribution in [3.63, 3.8) is 0 Å². The van der Waals surface area contributed by atoms with E-state index in [0.29, 0.717) is 18.0 Å². The summed E-state index contributed by atoms with van der Waals surface area (Å²) in [5, 5.41) is 3.31. The lowest BCUT2D eigenvalue weighted by Gasteiger charge is -2.17. The molecular weight excluding hydrogens is 212 g/mol. The Bertz CT molecular complexity index is 299. The van der Waals surface area contributed by atoms with Crippen molar-refractivity contribution in [3.8, 4) is 0 Å². The van der Waals surface area contributed by atoms with Gasteiger partial charge in [-0.3, -0.25) is 0 Å². The predicted octanol–water partition coefficient (Wildman–Crippen LogP) is 0.704. The molecular formula is C10H22N2O2S. The van der Waals surface area contributed by atoms with Crippen LogP contribution in [0.5, 0.6) is 0 Å². The van der Waals surface area contributed by atoms with Crippen molar-refractivity contribution in [2.24, 2.45) is 5.41 Å². The van der Waals surface area contributed by atoms with Crippen molar-refractivity contribution in [2.75, 3.05) is 19.3 Å². The van der Waals surface area contributed by atoms with Gasteiger partial charge in [-0.2, -0.15) is 0 Å². The van der Waals surface area contributed by atoms with Crippen LogP contribution in [0.4, 0.5) is 0 Å². The van der Waals surface area contributed by atoms with Crippen LogP contribution in [0.2, 0.25) is 0 Å². The molecule has 0 radical (unpaired) electrons. The van der Waals surface area contributed by atoms with Gasteiger partial charge in [0.25, 0.3) is 0 Å². The van der Waals surface area contributed by atoms with E-state index < -0.39 is 10.0 Å². The summed E-state index contributed by atoms with van der Waals surface area (Å²) in [6, 6.07) is 0.493. The van der Waals surface area contributed by atoms with Crippen molar-refractivity contribution in [1.29, 1.82) is 0 Å². The minimum Gasteiger partial charge on any atom is -0.313 e. The van der Waals surface area contributed by atoms with E-state index in [2.05, 4.69) is 23.9 Å². The molecule has 0 aromatic heterocycles. The van der Waals surface area contributed by atoms with Crippen LogP contribution in [0.15, 0.2) is 0 Å². The smallest absolute Gasteiger partial charge is 0.212 e. The van der Waals surface area contributed by atoms with Crippen LogP contribution in [0.3, 0.4) is 0 Å². The van der Waals surface area contributed by atoms with E-state index in [1.54, 1.807) is 0 Å². The van der Waals surface area contributed by atoms with Crippen molar-refractivity contribution in [1.82, 2.24) is 10.0 Å². The summed E-state index contributed by atoms with van der Waals surface area (Å²) in [6.45, 7) is 5.07. The highest BCUT2D eigenvalue weighted by Crippen LogP contribution is 2.36. The van der Waals surface area contributed by atoms with Gasteiger partial charge in [-0.15, -0.1) is 0 Å². The van der Waals surface area contributed by atoms with E-state index in [9.17, 15) is 8.42 Å². The Balaban J connectivity index is 2.23. The van der Waals surface area contributed by atoms with Gasteiger partial charge in [0.1, 0.15) is 0 Å². The molecule has 5 heteroatoms. The molecule has 4 nitrogen and oxygen atoms in total. The fraction of sp³-hybridized carbons (Fsp3) is 1.00. The van der Waals surface area contributed by atoms with Gasteiger partial charge in [-0.1, -0.05) is 13.8 Å². The fourth-order valence-corrected chi connectivity index (χ4v) is 2.70. The van der Waals surface area contributed by atoms with Gasteiger partial charge in [0.05, 0.1) is 5.75 Å². The van der Waals surface area contributed by atoms with Crippen LogP contribution in [0, 0.1) is 5.41 Å². The van der Waals surface area contributed by atoms with E-state index in [1.165, 1.54) is 13.5 Å². The van der Waals surface area contributed by atoms with Crippen molar-refractivity contribution in [2.45, 2.75) is 39.2 Å². The molecule has 2 N–H and O–H groups in total. The first-order valence-corrected chi connectivity index (χ1v) is 7.14. The van der Waals surface area contributed by atoms with Gasteiger partial charge in [-0.05, 0) is 31.7 Å². The minimum absolute atomic E-state index is 0.167. The monoisotopic (exact) mass is 234 g/mol. The molecule has 1 aliphatic carbocycles. The van der Waals surface area contributed by atoms with E-state index in [0.717, 1.165) is 12.8 Å². The van der Waals surface area contributed by atoms with Crippen LogP contribution >= 0.6 is 0 Å². The maximum absolute atomic E-state index is 11.1. The van der Waals surface area contributed by atoms with Crippen molar-refractivity contribution >= 4 is 10.0 Å². The zero-order chi connectivity index (χ0) is 11.5. The molecule has 0 amide bonds. The van der Waals surface area contributed by atoms with Gasteiger partial charge in [0.2, 0.25) is 10.0 Å². The molecule has 0 heterocycles. The SMILES string of the molecule is CNS(=O)(=O)CCNC1CCC(C)(C)C1. The molecule has 90 valence electrons. The number of hydrogen-bond donors (Lipinski definition) is 2. The van der Waals surface area contributed by atoms with Crippen LogP contribution < -0.4 is 10.0 Å². The molecule has 0 aromatic carbocycles. The molecule has 1 saturated carbocycles. The lowest BCUT2D eigenvalue weighted by molar-refractivity contribution is 0.366. The molecule has 15 heavy (non-hydrogen) atoms. The molecule has 1 unspecified atom stereocenters. The molecule has 1 aliphatic rings. The Morgan fingerprint density at radius 1 is 1.40 bits per heavy atom. The van der Waals surface area contributed by atoms with Crippen LogP contribution in [-0.2, 0) is 10.0 Å². The summed E-state index contributed by atoms with van der Waals surface area (Å²) in [4.78, 5) is 0. The third kappa shape index (κ3) is 4.49. The molecule has 1 atom stereocenters. The number of rotatable bonds is 5. The molecule has 0 spiro atoms.